The SMILES string of the molecule is O=C(CCCCl)Nc1ccc(N2CCCCC2)c(C(=O)NC[C@@H]2CCCO2)c1. The van der Waals surface area contributed by atoms with Crippen LogP contribution >= 0.6 is 11.6 Å². The summed E-state index contributed by atoms with van der Waals surface area (Å²) >= 11 is 5.66. The van der Waals surface area contributed by atoms with E-state index in [0.717, 1.165) is 51.1 Å². The van der Waals surface area contributed by atoms with Gasteiger partial charge in [-0.15, -0.1) is 11.6 Å². The van der Waals surface area contributed by atoms with Crippen LogP contribution in [0.1, 0.15) is 55.3 Å². The van der Waals surface area contributed by atoms with Crippen LogP contribution < -0.4 is 15.5 Å². The van der Waals surface area contributed by atoms with Gasteiger partial charge < -0.3 is 20.3 Å². The normalized spacial score (nSPS) is 19.5. The number of benzene rings is 1. The summed E-state index contributed by atoms with van der Waals surface area (Å²) in [6.07, 6.45) is 6.62. The van der Waals surface area contributed by atoms with Crippen molar-refractivity contribution in [2.45, 2.75) is 51.0 Å². The second-order valence-electron chi connectivity index (χ2n) is 7.47. The number of carbonyl (C=O) groups is 2. The Bertz CT molecular complexity index is 671. The molecule has 1 atom stereocenters. The van der Waals surface area contributed by atoms with Gasteiger partial charge in [-0.2, -0.15) is 0 Å². The first kappa shape index (κ1) is 20.9. The van der Waals surface area contributed by atoms with Crippen molar-refractivity contribution in [3.8, 4) is 0 Å². The summed E-state index contributed by atoms with van der Waals surface area (Å²) in [6, 6.07) is 5.61. The fraction of sp³-hybridized carbons (Fsp3) is 0.619. The Morgan fingerprint density at radius 2 is 2.00 bits per heavy atom. The van der Waals surface area contributed by atoms with E-state index in [1.807, 2.05) is 12.1 Å². The monoisotopic (exact) mass is 407 g/mol. The van der Waals surface area contributed by atoms with Crippen molar-refractivity contribution in [1.82, 2.24) is 5.32 Å². The number of carbonyl (C=O) groups excluding carboxylic acids is 2. The Hall–Kier alpha value is -1.79. The minimum Gasteiger partial charge on any atom is -0.376 e. The molecule has 2 aliphatic rings. The van der Waals surface area contributed by atoms with Crippen LogP contribution in [0.2, 0.25) is 0 Å². The lowest BCUT2D eigenvalue weighted by Gasteiger charge is -2.30. The second-order valence-corrected chi connectivity index (χ2v) is 7.84. The molecule has 2 fully saturated rings. The number of ether oxygens (including phenoxy) is 1. The summed E-state index contributed by atoms with van der Waals surface area (Å²) in [4.78, 5) is 27.3. The van der Waals surface area contributed by atoms with Crippen LogP contribution in [0, 0.1) is 0 Å². The highest BCUT2D eigenvalue weighted by molar-refractivity contribution is 6.18. The van der Waals surface area contributed by atoms with Gasteiger partial charge in [-0.3, -0.25) is 9.59 Å². The molecule has 0 radical (unpaired) electrons. The minimum atomic E-state index is -0.118. The zero-order valence-corrected chi connectivity index (χ0v) is 17.1. The van der Waals surface area contributed by atoms with E-state index < -0.39 is 0 Å². The largest absolute Gasteiger partial charge is 0.376 e. The maximum Gasteiger partial charge on any atom is 0.253 e. The van der Waals surface area contributed by atoms with Crippen molar-refractivity contribution < 1.29 is 14.3 Å². The highest BCUT2D eigenvalue weighted by atomic mass is 35.5. The highest BCUT2D eigenvalue weighted by Gasteiger charge is 2.21. The Kier molecular flexibility index (Phi) is 7.98. The molecule has 2 heterocycles. The van der Waals surface area contributed by atoms with E-state index in [1.165, 1.54) is 6.42 Å². The first-order valence-corrected chi connectivity index (χ1v) is 10.9. The van der Waals surface area contributed by atoms with Gasteiger partial charge in [-0.1, -0.05) is 0 Å². The van der Waals surface area contributed by atoms with Crippen molar-refractivity contribution in [3.63, 3.8) is 0 Å². The summed E-state index contributed by atoms with van der Waals surface area (Å²) in [7, 11) is 0. The molecule has 2 saturated heterocycles. The molecule has 2 N–H and O–H groups in total. The summed E-state index contributed by atoms with van der Waals surface area (Å²) in [6.45, 7) is 3.19. The molecule has 0 saturated carbocycles. The van der Waals surface area contributed by atoms with Gasteiger partial charge >= 0.3 is 0 Å². The van der Waals surface area contributed by atoms with Crippen LogP contribution in [-0.2, 0) is 9.53 Å². The van der Waals surface area contributed by atoms with Gasteiger partial charge in [0.15, 0.2) is 0 Å². The molecular formula is C21H30ClN3O3. The van der Waals surface area contributed by atoms with Gasteiger partial charge in [0.05, 0.1) is 11.7 Å². The van der Waals surface area contributed by atoms with Crippen LogP contribution in [0.3, 0.4) is 0 Å². The first-order chi connectivity index (χ1) is 13.7. The van der Waals surface area contributed by atoms with Crippen molar-refractivity contribution in [2.75, 3.05) is 42.3 Å². The van der Waals surface area contributed by atoms with E-state index in [1.54, 1.807) is 6.07 Å². The van der Waals surface area contributed by atoms with Crippen molar-refractivity contribution in [2.24, 2.45) is 0 Å². The van der Waals surface area contributed by atoms with Gasteiger partial charge in [-0.25, -0.2) is 0 Å². The number of alkyl halides is 1. The lowest BCUT2D eigenvalue weighted by Crippen LogP contribution is -2.35. The molecule has 6 nitrogen and oxygen atoms in total. The van der Waals surface area contributed by atoms with E-state index in [0.29, 0.717) is 36.5 Å². The van der Waals surface area contributed by atoms with Gasteiger partial charge in [0, 0.05) is 49.9 Å². The summed E-state index contributed by atoms with van der Waals surface area (Å²) < 4.78 is 5.61. The van der Waals surface area contributed by atoms with E-state index in [2.05, 4.69) is 15.5 Å². The molecule has 154 valence electrons. The number of hydrogen-bond donors (Lipinski definition) is 2. The van der Waals surface area contributed by atoms with Crippen LogP contribution in [0.15, 0.2) is 18.2 Å². The Labute approximate surface area is 171 Å². The molecule has 1 aromatic rings. The molecule has 0 unspecified atom stereocenters. The lowest BCUT2D eigenvalue weighted by molar-refractivity contribution is -0.116. The Balaban J connectivity index is 1.74. The average molecular weight is 408 g/mol. The molecule has 7 heteroatoms. The van der Waals surface area contributed by atoms with E-state index in [-0.39, 0.29) is 17.9 Å². The van der Waals surface area contributed by atoms with Crippen molar-refractivity contribution in [3.05, 3.63) is 23.8 Å². The molecule has 0 spiro atoms. The number of rotatable bonds is 8. The average Bonchev–Trinajstić information content (AvgIpc) is 3.25. The molecular weight excluding hydrogens is 378 g/mol. The standard InChI is InChI=1S/C21H30ClN3O3/c22-10-4-7-20(26)24-16-8-9-19(25-11-2-1-3-12-25)18(14-16)21(27)23-15-17-6-5-13-28-17/h8-9,14,17H,1-7,10-13,15H2,(H,23,27)(H,24,26)/t17-/m0/s1. The zero-order valence-electron chi connectivity index (χ0n) is 16.3. The summed E-state index contributed by atoms with van der Waals surface area (Å²) in [5.74, 6) is 0.253. The number of piperidine rings is 1. The molecule has 1 aromatic carbocycles. The maximum absolute atomic E-state index is 13.0. The third-order valence-corrected chi connectivity index (χ3v) is 5.54. The van der Waals surface area contributed by atoms with Crippen LogP contribution in [0.4, 0.5) is 11.4 Å². The van der Waals surface area contributed by atoms with Crippen LogP contribution in [0.25, 0.3) is 0 Å². The first-order valence-electron chi connectivity index (χ1n) is 10.3. The van der Waals surface area contributed by atoms with Crippen LogP contribution in [0.5, 0.6) is 0 Å². The molecule has 28 heavy (non-hydrogen) atoms. The minimum absolute atomic E-state index is 0.0860. The Morgan fingerprint density at radius 3 is 2.71 bits per heavy atom. The fourth-order valence-corrected chi connectivity index (χ4v) is 3.90. The molecule has 0 bridgehead atoms. The smallest absolute Gasteiger partial charge is 0.253 e. The molecule has 2 amide bonds. The summed E-state index contributed by atoms with van der Waals surface area (Å²) in [5.41, 5.74) is 2.18. The highest BCUT2D eigenvalue weighted by Crippen LogP contribution is 2.27. The third kappa shape index (κ3) is 5.85. The predicted molar refractivity (Wildman–Crippen MR) is 112 cm³/mol. The van der Waals surface area contributed by atoms with Gasteiger partial charge in [0.25, 0.3) is 5.91 Å². The fourth-order valence-electron chi connectivity index (χ4n) is 3.76. The zero-order chi connectivity index (χ0) is 19.8. The van der Waals surface area contributed by atoms with E-state index >= 15 is 0 Å². The topological polar surface area (TPSA) is 70.7 Å². The predicted octanol–water partition coefficient (Wildman–Crippen LogP) is 3.54. The quantitative estimate of drug-likeness (QED) is 0.646. The lowest BCUT2D eigenvalue weighted by atomic mass is 10.1. The molecule has 3 rings (SSSR count). The van der Waals surface area contributed by atoms with E-state index in [4.69, 9.17) is 16.3 Å². The molecule has 0 aliphatic carbocycles. The van der Waals surface area contributed by atoms with Gasteiger partial charge in [-0.05, 0) is 56.7 Å². The number of anilines is 2. The van der Waals surface area contributed by atoms with Crippen molar-refractivity contribution in [1.29, 1.82) is 0 Å². The number of nitrogens with zero attached hydrogens (tertiary/aromatic N) is 1. The van der Waals surface area contributed by atoms with Crippen molar-refractivity contribution >= 4 is 34.8 Å². The van der Waals surface area contributed by atoms with E-state index in [9.17, 15) is 9.59 Å². The molecule has 0 aromatic heterocycles. The number of nitrogens with one attached hydrogen (secondary N) is 2. The third-order valence-electron chi connectivity index (χ3n) is 5.27. The Morgan fingerprint density at radius 1 is 1.18 bits per heavy atom. The van der Waals surface area contributed by atoms with Crippen LogP contribution in [-0.4, -0.2) is 50.0 Å². The second kappa shape index (κ2) is 10.7. The van der Waals surface area contributed by atoms with Gasteiger partial charge in [0.2, 0.25) is 5.91 Å². The van der Waals surface area contributed by atoms with Gasteiger partial charge in [0.1, 0.15) is 0 Å². The number of halogens is 1. The number of hydrogen-bond acceptors (Lipinski definition) is 4. The summed E-state index contributed by atoms with van der Waals surface area (Å²) in [5, 5.41) is 5.89. The number of amides is 2. The molecule has 2 aliphatic heterocycles. The maximum atomic E-state index is 13.0.